The first-order valence-corrected chi connectivity index (χ1v) is 32.6. The van der Waals surface area contributed by atoms with Crippen molar-refractivity contribution in [1.29, 1.82) is 0 Å². The van der Waals surface area contributed by atoms with Gasteiger partial charge in [-0.25, -0.2) is 10.4 Å². The van der Waals surface area contributed by atoms with Crippen molar-refractivity contribution in [2.24, 2.45) is 0 Å². The van der Waals surface area contributed by atoms with Gasteiger partial charge in [-0.1, -0.05) is 75.9 Å². The Morgan fingerprint density at radius 2 is 0.961 bits per heavy atom. The van der Waals surface area contributed by atoms with Gasteiger partial charge in [-0.05, 0) is 179 Å². The summed E-state index contributed by atoms with van der Waals surface area (Å²) >= 11 is 5.31. The van der Waals surface area contributed by atoms with Gasteiger partial charge in [0.15, 0.2) is 51.8 Å². The fourth-order valence-corrected chi connectivity index (χ4v) is 9.80. The topological polar surface area (TPSA) is 163 Å². The molecule has 2 aliphatic heterocycles. The second kappa shape index (κ2) is 25.3. The molecule has 17 heteroatoms. The lowest BCUT2D eigenvalue weighted by Gasteiger charge is -2.38. The van der Waals surface area contributed by atoms with Crippen LogP contribution in [0.4, 0.5) is 0 Å². The van der Waals surface area contributed by atoms with Gasteiger partial charge in [-0.2, -0.15) is 0 Å². The van der Waals surface area contributed by atoms with Gasteiger partial charge in [0.2, 0.25) is 0 Å². The van der Waals surface area contributed by atoms with E-state index < -0.39 is 27.4 Å². The zero-order chi connectivity index (χ0) is 58.4. The van der Waals surface area contributed by atoms with Gasteiger partial charge in [0.05, 0.1) is 18.8 Å². The summed E-state index contributed by atoms with van der Waals surface area (Å²) < 4.78 is 37.0. The van der Waals surface area contributed by atoms with Gasteiger partial charge >= 0.3 is 0 Å². The summed E-state index contributed by atoms with van der Waals surface area (Å²) in [5.74, 6) is 1.58. The van der Waals surface area contributed by atoms with Crippen LogP contribution in [0.5, 0.6) is 23.0 Å². The molecule has 77 heavy (non-hydrogen) atoms. The van der Waals surface area contributed by atoms with E-state index in [0.717, 1.165) is 27.8 Å². The predicted octanol–water partition coefficient (Wildman–Crippen LogP) is 13.2. The Kier molecular flexibility index (Phi) is 21.1. The van der Waals surface area contributed by atoms with E-state index in [-0.39, 0.29) is 45.5 Å². The number of benzene rings is 4. The fourth-order valence-electron chi connectivity index (χ4n) is 7.62. The summed E-state index contributed by atoms with van der Waals surface area (Å²) in [5, 5.41) is 1.24. The minimum absolute atomic E-state index is 0.0924. The lowest BCUT2D eigenvalue weighted by Crippen LogP contribution is -2.56. The number of nitrogens with zero attached hydrogens (tertiary/aromatic N) is 1. The molecule has 0 bridgehead atoms. The third-order valence-corrected chi connectivity index (χ3v) is 23.3. The molecule has 3 amide bonds. The number of hydrogen-bond donors (Lipinski definition) is 3. The smallest absolute Gasteiger partial charge is 0.272 e. The summed E-state index contributed by atoms with van der Waals surface area (Å²) in [7, 11) is -3.80. The van der Waals surface area contributed by atoms with Gasteiger partial charge in [-0.15, -0.1) is 0 Å². The minimum Gasteiger partial charge on any atom is -0.486 e. The van der Waals surface area contributed by atoms with Crippen LogP contribution in [0.1, 0.15) is 158 Å². The highest BCUT2D eigenvalue weighted by atomic mass is 35.5. The molecular weight excluding hydrogens is 1030 g/mol. The van der Waals surface area contributed by atoms with Crippen LogP contribution in [-0.4, -0.2) is 94.3 Å². The first kappa shape index (κ1) is 64.3. The largest absolute Gasteiger partial charge is 0.486 e. The molecular formula is C60H89ClN4O10Si2. The summed E-state index contributed by atoms with van der Waals surface area (Å²) in [6.07, 6.45) is -0.461. The number of fused-ring (bicyclic) bond motifs is 2. The summed E-state index contributed by atoms with van der Waals surface area (Å²) in [4.78, 5) is 50.3. The van der Waals surface area contributed by atoms with Crippen molar-refractivity contribution in [2.45, 2.75) is 184 Å². The van der Waals surface area contributed by atoms with Crippen molar-refractivity contribution < 1.29 is 47.0 Å². The Morgan fingerprint density at radius 1 is 0.584 bits per heavy atom. The summed E-state index contributed by atoms with van der Waals surface area (Å²) in [6, 6.07) is 18.3. The molecule has 424 valence electrons. The van der Waals surface area contributed by atoms with E-state index in [4.69, 9.17) is 39.4 Å². The van der Waals surface area contributed by atoms with Crippen LogP contribution >= 0.6 is 11.6 Å². The Morgan fingerprint density at radius 3 is 1.31 bits per heavy atom. The lowest BCUT2D eigenvalue weighted by molar-refractivity contribution is 0.0355. The molecule has 2 atom stereocenters. The molecule has 0 aliphatic carbocycles. The zero-order valence-electron chi connectivity index (χ0n) is 50.2. The highest BCUT2D eigenvalue weighted by Gasteiger charge is 2.40. The normalized spacial score (nSPS) is 15.5. The number of carbonyl (C=O) groups is 4. The molecule has 2 aliphatic rings. The van der Waals surface area contributed by atoms with Crippen molar-refractivity contribution in [3.63, 3.8) is 0 Å². The first-order valence-electron chi connectivity index (χ1n) is 26.4. The number of hydrogen-bond acceptors (Lipinski definition) is 11. The van der Waals surface area contributed by atoms with Crippen LogP contribution in [0.2, 0.25) is 36.3 Å². The molecule has 0 aromatic heterocycles. The molecule has 0 saturated carbocycles. The maximum atomic E-state index is 13.5. The van der Waals surface area contributed by atoms with Crippen LogP contribution in [0.15, 0.2) is 60.7 Å². The molecule has 4 aromatic rings. The Balaban J connectivity index is 0.000000285. The number of aryl methyl sites for hydroxylation is 4. The van der Waals surface area contributed by atoms with Crippen molar-refractivity contribution >= 4 is 51.2 Å². The van der Waals surface area contributed by atoms with Gasteiger partial charge in [0.1, 0.15) is 13.2 Å². The zero-order valence-corrected chi connectivity index (χ0v) is 52.9. The molecule has 6 rings (SSSR count). The first-order chi connectivity index (χ1) is 35.2. The predicted molar refractivity (Wildman–Crippen MR) is 314 cm³/mol. The Hall–Kier alpha value is -5.24. The number of nitrogens with one attached hydrogen (secondary N) is 3. The molecule has 0 saturated heterocycles. The molecule has 2 heterocycles. The molecule has 0 spiro atoms. The maximum Gasteiger partial charge on any atom is 0.272 e. The second-order valence-electron chi connectivity index (χ2n) is 25.5. The number of carbonyl (C=O) groups excluding carboxylic acids is 4. The molecule has 3 N–H and O–H groups in total. The second-order valence-corrected chi connectivity index (χ2v) is 35.4. The van der Waals surface area contributed by atoms with E-state index in [1.165, 1.54) is 5.01 Å². The number of amides is 3. The van der Waals surface area contributed by atoms with E-state index in [9.17, 15) is 19.2 Å². The van der Waals surface area contributed by atoms with E-state index in [2.05, 4.69) is 84.0 Å². The van der Waals surface area contributed by atoms with Crippen LogP contribution < -0.4 is 35.2 Å². The highest BCUT2D eigenvalue weighted by molar-refractivity contribution is 6.74. The quantitative estimate of drug-likeness (QED) is 0.0744. The van der Waals surface area contributed by atoms with Crippen LogP contribution in [0, 0.1) is 41.5 Å². The standard InChI is InChI=1S/C30H44N2O5Si.C21H36N2O4Si.C9H9ClO/c1-19-14-20(2)16-22(15-19)28(34)32(29(4,5)6)31-27(33)24-12-13-25-26(21(24)3)37-23(17-35-25)18-36-38(10,11)30(7,8)9;1-14-16(19(24)22-23-20(2,3)4)10-11-17-18(14)27-15(12-25-17)13-26-28(8,9)21(5,6)7;1-6-3-7(2)5-8(4-6)9(10)11/h12-16,23H,17-18H2,1-11H3,(H,31,33);10-11,15,23H,12-13H2,1-9H3,(H,22,24);3-5H,1-2H3/t23-;15-;/m11./s1. The maximum absolute atomic E-state index is 13.5. The van der Waals surface area contributed by atoms with Gasteiger partial charge < -0.3 is 27.8 Å². The third kappa shape index (κ3) is 17.9. The summed E-state index contributed by atoms with van der Waals surface area (Å²) in [5.41, 5.74) is 15.4. The van der Waals surface area contributed by atoms with Crippen molar-refractivity contribution in [3.05, 3.63) is 116 Å². The van der Waals surface area contributed by atoms with E-state index in [1.54, 1.807) is 36.4 Å². The van der Waals surface area contributed by atoms with Crippen LogP contribution in [-0.2, 0) is 8.85 Å². The minimum atomic E-state index is -1.94. The molecule has 0 unspecified atom stereocenters. The number of ether oxygens (including phenoxy) is 4. The van der Waals surface area contributed by atoms with Crippen molar-refractivity contribution in [2.75, 3.05) is 26.4 Å². The third-order valence-electron chi connectivity index (χ3n) is 14.1. The monoisotopic (exact) mass is 1120 g/mol. The molecule has 4 aromatic carbocycles. The van der Waals surface area contributed by atoms with Crippen molar-refractivity contribution in [1.82, 2.24) is 21.3 Å². The lowest BCUT2D eigenvalue weighted by atomic mass is 10.0. The van der Waals surface area contributed by atoms with E-state index in [0.29, 0.717) is 77.2 Å². The Bertz CT molecular complexity index is 2730. The number of rotatable bonds is 11. The Labute approximate surface area is 467 Å². The highest BCUT2D eigenvalue weighted by Crippen LogP contribution is 2.41. The number of hydrazine groups is 2. The van der Waals surface area contributed by atoms with Crippen LogP contribution in [0.3, 0.4) is 0 Å². The van der Waals surface area contributed by atoms with E-state index in [1.807, 2.05) is 107 Å². The van der Waals surface area contributed by atoms with Gasteiger partial charge in [-0.3, -0.25) is 30.0 Å². The molecule has 0 fully saturated rings. The molecule has 14 nitrogen and oxygen atoms in total. The van der Waals surface area contributed by atoms with E-state index >= 15 is 0 Å². The van der Waals surface area contributed by atoms with Crippen LogP contribution in [0.25, 0.3) is 0 Å². The number of halogens is 1. The fraction of sp³-hybridized carbons (Fsp3) is 0.533. The van der Waals surface area contributed by atoms with Gasteiger partial charge in [0, 0.05) is 38.9 Å². The molecule has 0 radical (unpaired) electrons. The average molecular weight is 1120 g/mol. The van der Waals surface area contributed by atoms with Crippen molar-refractivity contribution in [3.8, 4) is 23.0 Å². The SMILES string of the molecule is Cc1c(C(=O)NNC(C)(C)C)ccc2c1O[C@@H](CO[Si](C)(C)C(C)(C)C)CO2.Cc1cc(C)cc(C(=O)Cl)c1.Cc1cc(C)cc(C(=O)N(NC(=O)c2ccc3c(c2C)O[C@@H](CO[Si](C)(C)C(C)(C)C)CO3)C(C)(C)C)c1. The average Bonchev–Trinajstić information content (AvgIpc) is 3.30. The summed E-state index contributed by atoms with van der Waals surface area (Å²) in [6.45, 7) is 47.0. The van der Waals surface area contributed by atoms with Gasteiger partial charge in [0.25, 0.3) is 23.0 Å².